The third-order valence-electron chi connectivity index (χ3n) is 6.81. The second-order valence-corrected chi connectivity index (χ2v) is 8.79. The summed E-state index contributed by atoms with van der Waals surface area (Å²) in [6, 6.07) is 0. The highest BCUT2D eigenvalue weighted by molar-refractivity contribution is 5.85. The van der Waals surface area contributed by atoms with Crippen LogP contribution in [0.2, 0.25) is 0 Å². The standard InChI is InChI=1S/C25H36O4/c1-18(2)25(13-6-8-20(25)4)14-12-19(3)7-5-9-21(16-26)10-11-23(27)22-15-24(28)29-17-22/h7,10,15-16,20,23,27H,1,5-6,8-9,11-14,17H2,2-4H3. The molecule has 2 aliphatic rings. The van der Waals surface area contributed by atoms with Crippen molar-refractivity contribution in [2.75, 3.05) is 6.61 Å². The summed E-state index contributed by atoms with van der Waals surface area (Å²) in [6.07, 6.45) is 13.3. The molecule has 1 aliphatic heterocycles. The van der Waals surface area contributed by atoms with E-state index in [0.29, 0.717) is 35.3 Å². The molecule has 0 radical (unpaired) electrons. The topological polar surface area (TPSA) is 63.6 Å². The van der Waals surface area contributed by atoms with Crippen LogP contribution in [0.3, 0.4) is 0 Å². The van der Waals surface area contributed by atoms with Crippen molar-refractivity contribution in [3.8, 4) is 0 Å². The average molecular weight is 401 g/mol. The molecule has 1 saturated carbocycles. The van der Waals surface area contributed by atoms with Gasteiger partial charge in [0, 0.05) is 11.6 Å². The summed E-state index contributed by atoms with van der Waals surface area (Å²) in [5.41, 5.74) is 4.23. The predicted octanol–water partition coefficient (Wildman–Crippen LogP) is 5.24. The molecular formula is C25H36O4. The average Bonchev–Trinajstić information content (AvgIpc) is 3.29. The highest BCUT2D eigenvalue weighted by Crippen LogP contribution is 2.51. The van der Waals surface area contributed by atoms with Gasteiger partial charge in [0.2, 0.25) is 0 Å². The molecule has 1 fully saturated rings. The van der Waals surface area contributed by atoms with E-state index in [9.17, 15) is 14.7 Å². The number of rotatable bonds is 11. The molecule has 160 valence electrons. The van der Waals surface area contributed by atoms with E-state index < -0.39 is 12.1 Å². The molecule has 0 aromatic carbocycles. The van der Waals surface area contributed by atoms with Crippen molar-refractivity contribution in [2.24, 2.45) is 11.3 Å². The van der Waals surface area contributed by atoms with E-state index in [-0.39, 0.29) is 6.61 Å². The zero-order valence-corrected chi connectivity index (χ0v) is 18.2. The summed E-state index contributed by atoms with van der Waals surface area (Å²) < 4.78 is 4.80. The fourth-order valence-corrected chi connectivity index (χ4v) is 4.68. The number of aldehydes is 1. The number of carbonyl (C=O) groups is 2. The van der Waals surface area contributed by atoms with Crippen LogP contribution in [0.25, 0.3) is 0 Å². The van der Waals surface area contributed by atoms with Gasteiger partial charge in [-0.05, 0) is 75.7 Å². The van der Waals surface area contributed by atoms with Gasteiger partial charge in [-0.1, -0.05) is 43.2 Å². The molecule has 0 bridgehead atoms. The molecule has 3 atom stereocenters. The highest BCUT2D eigenvalue weighted by Gasteiger charge is 2.40. The first-order valence-electron chi connectivity index (χ1n) is 10.8. The third-order valence-corrected chi connectivity index (χ3v) is 6.81. The molecule has 1 aliphatic carbocycles. The van der Waals surface area contributed by atoms with E-state index in [1.165, 1.54) is 36.5 Å². The molecular weight excluding hydrogens is 364 g/mol. The number of aliphatic hydroxyl groups excluding tert-OH is 1. The molecule has 0 spiro atoms. The molecule has 4 nitrogen and oxygen atoms in total. The first kappa shape index (κ1) is 23.3. The Hall–Kier alpha value is -1.94. The van der Waals surface area contributed by atoms with E-state index in [4.69, 9.17) is 4.74 Å². The number of allylic oxidation sites excluding steroid dienone is 4. The summed E-state index contributed by atoms with van der Waals surface area (Å²) in [5, 5.41) is 10.1. The first-order valence-corrected chi connectivity index (χ1v) is 10.8. The van der Waals surface area contributed by atoms with Gasteiger partial charge >= 0.3 is 5.97 Å². The van der Waals surface area contributed by atoms with Crippen LogP contribution in [0.1, 0.15) is 72.1 Å². The summed E-state index contributed by atoms with van der Waals surface area (Å²) in [5.74, 6) is 0.291. The zero-order chi connectivity index (χ0) is 21.4. The predicted molar refractivity (Wildman–Crippen MR) is 116 cm³/mol. The fraction of sp³-hybridized carbons (Fsp3) is 0.600. The van der Waals surface area contributed by atoms with Gasteiger partial charge in [0.25, 0.3) is 0 Å². The maximum Gasteiger partial charge on any atom is 0.331 e. The van der Waals surface area contributed by atoms with Crippen molar-refractivity contribution in [3.63, 3.8) is 0 Å². The van der Waals surface area contributed by atoms with Crippen molar-refractivity contribution >= 4 is 12.3 Å². The van der Waals surface area contributed by atoms with E-state index in [1.54, 1.807) is 6.08 Å². The molecule has 1 N–H and O–H groups in total. The maximum atomic E-state index is 11.3. The molecule has 4 heteroatoms. The molecule has 3 unspecified atom stereocenters. The smallest absolute Gasteiger partial charge is 0.331 e. The Balaban J connectivity index is 1.82. The Kier molecular flexibility index (Phi) is 8.63. The number of cyclic esters (lactones) is 1. The van der Waals surface area contributed by atoms with E-state index in [2.05, 4.69) is 33.4 Å². The number of hydrogen-bond donors (Lipinski definition) is 1. The maximum absolute atomic E-state index is 11.3. The number of aliphatic hydroxyl groups is 1. The molecule has 0 saturated heterocycles. The Morgan fingerprint density at radius 1 is 1.38 bits per heavy atom. The van der Waals surface area contributed by atoms with Crippen molar-refractivity contribution < 1.29 is 19.4 Å². The lowest BCUT2D eigenvalue weighted by atomic mass is 9.70. The van der Waals surface area contributed by atoms with Gasteiger partial charge in [0.1, 0.15) is 12.9 Å². The van der Waals surface area contributed by atoms with Crippen LogP contribution in [0.15, 0.2) is 47.1 Å². The zero-order valence-electron chi connectivity index (χ0n) is 18.2. The second-order valence-electron chi connectivity index (χ2n) is 8.79. The summed E-state index contributed by atoms with van der Waals surface area (Å²) in [6.45, 7) is 11.1. The van der Waals surface area contributed by atoms with Gasteiger partial charge in [0.15, 0.2) is 0 Å². The largest absolute Gasteiger partial charge is 0.458 e. The summed E-state index contributed by atoms with van der Waals surface area (Å²) in [7, 11) is 0. The van der Waals surface area contributed by atoms with Gasteiger partial charge in [-0.15, -0.1) is 0 Å². The minimum atomic E-state index is -0.777. The van der Waals surface area contributed by atoms with Gasteiger partial charge in [0.05, 0.1) is 6.10 Å². The second kappa shape index (κ2) is 10.7. The Labute approximate surface area is 175 Å². The Morgan fingerprint density at radius 2 is 2.14 bits per heavy atom. The lowest BCUT2D eigenvalue weighted by Crippen LogP contribution is -2.24. The monoisotopic (exact) mass is 400 g/mol. The van der Waals surface area contributed by atoms with Crippen LogP contribution >= 0.6 is 0 Å². The number of carbonyl (C=O) groups excluding carboxylic acids is 2. The lowest BCUT2D eigenvalue weighted by molar-refractivity contribution is -0.135. The Bertz CT molecular complexity index is 712. The van der Waals surface area contributed by atoms with Crippen LogP contribution in [0.5, 0.6) is 0 Å². The van der Waals surface area contributed by atoms with E-state index in [0.717, 1.165) is 25.5 Å². The molecule has 1 heterocycles. The van der Waals surface area contributed by atoms with Crippen LogP contribution in [-0.2, 0) is 14.3 Å². The van der Waals surface area contributed by atoms with Gasteiger partial charge in [-0.25, -0.2) is 4.79 Å². The molecule has 0 amide bonds. The summed E-state index contributed by atoms with van der Waals surface area (Å²) in [4.78, 5) is 22.4. The van der Waals surface area contributed by atoms with Crippen LogP contribution in [0, 0.1) is 11.3 Å². The van der Waals surface area contributed by atoms with Gasteiger partial charge in [-0.3, -0.25) is 4.79 Å². The van der Waals surface area contributed by atoms with Crippen molar-refractivity contribution in [3.05, 3.63) is 47.1 Å². The van der Waals surface area contributed by atoms with Crippen LogP contribution in [-0.4, -0.2) is 30.1 Å². The fourth-order valence-electron chi connectivity index (χ4n) is 4.68. The van der Waals surface area contributed by atoms with Crippen molar-refractivity contribution in [2.45, 2.75) is 78.2 Å². The van der Waals surface area contributed by atoms with Crippen molar-refractivity contribution in [1.29, 1.82) is 0 Å². The molecule has 0 aromatic rings. The van der Waals surface area contributed by atoms with Crippen LogP contribution < -0.4 is 0 Å². The van der Waals surface area contributed by atoms with Gasteiger partial charge in [-0.2, -0.15) is 0 Å². The third kappa shape index (κ3) is 6.27. The molecule has 29 heavy (non-hydrogen) atoms. The quantitative estimate of drug-likeness (QED) is 0.223. The van der Waals surface area contributed by atoms with E-state index in [1.807, 2.05) is 0 Å². The van der Waals surface area contributed by atoms with Gasteiger partial charge < -0.3 is 9.84 Å². The minimum Gasteiger partial charge on any atom is -0.458 e. The first-order chi connectivity index (χ1) is 13.8. The normalized spacial score (nSPS) is 26.3. The minimum absolute atomic E-state index is 0.135. The molecule has 2 rings (SSSR count). The number of esters is 1. The SMILES string of the molecule is C=C(C)C1(CCC(C)=CCCC(C=O)=CCC(O)C2=CC(=O)OC2)CCCC1C. The number of hydrogen-bond acceptors (Lipinski definition) is 4. The van der Waals surface area contributed by atoms with E-state index >= 15 is 0 Å². The Morgan fingerprint density at radius 3 is 2.69 bits per heavy atom. The lowest BCUT2D eigenvalue weighted by Gasteiger charge is -2.35. The molecule has 0 aromatic heterocycles. The number of ether oxygens (including phenoxy) is 1. The highest BCUT2D eigenvalue weighted by atomic mass is 16.5. The van der Waals surface area contributed by atoms with Crippen LogP contribution in [0.4, 0.5) is 0 Å². The van der Waals surface area contributed by atoms with Crippen molar-refractivity contribution in [1.82, 2.24) is 0 Å². The summed E-state index contributed by atoms with van der Waals surface area (Å²) >= 11 is 0.